The van der Waals surface area contributed by atoms with Crippen LogP contribution in [0.2, 0.25) is 0 Å². The SMILES string of the molecule is COC(C(=O)O)(c1csc(NC(=O)C(F)(F)F)n1)[N+](=O)[O-]. The number of amides is 1. The number of alkyl halides is 3. The Hall–Kier alpha value is -2.28. The first-order valence-electron chi connectivity index (χ1n) is 4.83. The molecule has 0 aromatic carbocycles. The van der Waals surface area contributed by atoms with Crippen molar-refractivity contribution in [3.05, 3.63) is 21.2 Å². The standard InChI is InChI=1S/C8H6F3N3O6S/c1-20-7(5(16)17,14(18)19)3-2-21-6(12-3)13-4(15)8(9,10)11/h2H,1H3,(H,16,17)(H,12,13,15). The quantitative estimate of drug-likeness (QED) is 0.464. The zero-order chi connectivity index (χ0) is 16.4. The Kier molecular flexibility index (Phi) is 4.48. The minimum Gasteiger partial charge on any atom is -0.474 e. The van der Waals surface area contributed by atoms with Gasteiger partial charge in [-0.25, -0.2) is 9.78 Å². The van der Waals surface area contributed by atoms with Crippen LogP contribution in [0.1, 0.15) is 5.69 Å². The van der Waals surface area contributed by atoms with Gasteiger partial charge in [0.15, 0.2) is 10.8 Å². The van der Waals surface area contributed by atoms with Gasteiger partial charge in [-0.05, 0) is 0 Å². The molecule has 0 saturated heterocycles. The number of aromatic nitrogens is 1. The number of halogens is 3. The van der Waals surface area contributed by atoms with Gasteiger partial charge in [-0.2, -0.15) is 13.2 Å². The number of aliphatic carboxylic acids is 1. The van der Waals surface area contributed by atoms with Gasteiger partial charge in [-0.1, -0.05) is 0 Å². The second kappa shape index (κ2) is 5.61. The molecule has 0 bridgehead atoms. The maximum atomic E-state index is 12.0. The molecule has 1 atom stereocenters. The Labute approximate surface area is 117 Å². The van der Waals surface area contributed by atoms with Crippen molar-refractivity contribution in [2.24, 2.45) is 0 Å². The molecular weight excluding hydrogens is 323 g/mol. The lowest BCUT2D eigenvalue weighted by atomic mass is 10.2. The van der Waals surface area contributed by atoms with Crippen LogP contribution in [-0.2, 0) is 20.1 Å². The summed E-state index contributed by atoms with van der Waals surface area (Å²) < 4.78 is 40.5. The number of carbonyl (C=O) groups is 2. The fraction of sp³-hybridized carbons (Fsp3) is 0.375. The normalized spacial score (nSPS) is 14.3. The van der Waals surface area contributed by atoms with Crippen molar-refractivity contribution < 1.29 is 37.5 Å². The molecule has 0 aliphatic carbocycles. The van der Waals surface area contributed by atoms with Crippen LogP contribution in [-0.4, -0.2) is 40.2 Å². The highest BCUT2D eigenvalue weighted by atomic mass is 32.1. The number of carboxylic acids is 1. The van der Waals surface area contributed by atoms with Gasteiger partial charge >= 0.3 is 23.8 Å². The number of hydrogen-bond donors (Lipinski definition) is 2. The fourth-order valence-electron chi connectivity index (χ4n) is 1.20. The van der Waals surface area contributed by atoms with Gasteiger partial charge in [0.2, 0.25) is 0 Å². The number of carboxylic acid groups (broad SMARTS) is 1. The number of rotatable bonds is 5. The summed E-state index contributed by atoms with van der Waals surface area (Å²) in [4.78, 5) is 34.6. The van der Waals surface area contributed by atoms with Crippen LogP contribution in [0.15, 0.2) is 5.38 Å². The molecule has 9 nitrogen and oxygen atoms in total. The van der Waals surface area contributed by atoms with Crippen LogP contribution in [0.5, 0.6) is 0 Å². The molecule has 2 N–H and O–H groups in total. The summed E-state index contributed by atoms with van der Waals surface area (Å²) >= 11 is 0.380. The average Bonchev–Trinajstić information content (AvgIpc) is 2.77. The second-order valence-corrected chi connectivity index (χ2v) is 4.26. The Bertz CT molecular complexity index is 572. The van der Waals surface area contributed by atoms with E-state index in [0.717, 1.165) is 12.5 Å². The fourth-order valence-corrected chi connectivity index (χ4v) is 1.94. The molecule has 1 unspecified atom stereocenters. The molecule has 0 aliphatic rings. The van der Waals surface area contributed by atoms with Gasteiger partial charge in [-0.3, -0.25) is 20.2 Å². The van der Waals surface area contributed by atoms with Gasteiger partial charge in [0.1, 0.15) is 0 Å². The number of thiazole rings is 1. The minimum atomic E-state index is -5.18. The summed E-state index contributed by atoms with van der Waals surface area (Å²) in [5.41, 5.74) is -3.84. The molecule has 21 heavy (non-hydrogen) atoms. The topological polar surface area (TPSA) is 132 Å². The van der Waals surface area contributed by atoms with Gasteiger partial charge in [0.25, 0.3) is 0 Å². The molecule has 0 spiro atoms. The first-order valence-corrected chi connectivity index (χ1v) is 5.71. The van der Waals surface area contributed by atoms with Gasteiger partial charge in [0.05, 0.1) is 4.92 Å². The number of ether oxygens (including phenoxy) is 1. The molecular formula is C8H6F3N3O6S. The molecule has 0 radical (unpaired) electrons. The van der Waals surface area contributed by atoms with Gasteiger partial charge in [-0.15, -0.1) is 11.3 Å². The van der Waals surface area contributed by atoms with Crippen LogP contribution < -0.4 is 5.32 Å². The van der Waals surface area contributed by atoms with E-state index < -0.39 is 39.5 Å². The average molecular weight is 329 g/mol. The molecule has 1 aromatic rings. The van der Waals surface area contributed by atoms with E-state index in [1.807, 2.05) is 0 Å². The Morgan fingerprint density at radius 3 is 2.48 bits per heavy atom. The van der Waals surface area contributed by atoms with E-state index in [1.165, 1.54) is 5.32 Å². The van der Waals surface area contributed by atoms with E-state index in [9.17, 15) is 32.9 Å². The molecule has 13 heteroatoms. The summed E-state index contributed by atoms with van der Waals surface area (Å²) in [6.45, 7) is 0. The van der Waals surface area contributed by atoms with E-state index >= 15 is 0 Å². The van der Waals surface area contributed by atoms with Crippen LogP contribution in [0.3, 0.4) is 0 Å². The molecule has 1 aromatic heterocycles. The predicted octanol–water partition coefficient (Wildman–Crippen LogP) is 0.804. The number of nitro groups is 1. The highest BCUT2D eigenvalue weighted by Crippen LogP contribution is 2.30. The van der Waals surface area contributed by atoms with Crippen LogP contribution in [0.4, 0.5) is 18.3 Å². The van der Waals surface area contributed by atoms with Crippen molar-refractivity contribution >= 4 is 28.3 Å². The van der Waals surface area contributed by atoms with E-state index in [2.05, 4.69) is 9.72 Å². The number of hydrogen-bond acceptors (Lipinski definition) is 7. The largest absolute Gasteiger partial charge is 0.474 e. The Morgan fingerprint density at radius 2 is 2.10 bits per heavy atom. The molecule has 1 amide bonds. The number of carbonyl (C=O) groups excluding carboxylic acids is 1. The smallest absolute Gasteiger partial charge is 0.471 e. The molecule has 1 heterocycles. The van der Waals surface area contributed by atoms with E-state index in [1.54, 1.807) is 0 Å². The molecule has 0 fully saturated rings. The maximum absolute atomic E-state index is 12.0. The summed E-state index contributed by atoms with van der Waals surface area (Å²) in [5.74, 6) is -4.36. The molecule has 116 valence electrons. The predicted molar refractivity (Wildman–Crippen MR) is 60.1 cm³/mol. The first kappa shape index (κ1) is 16.8. The van der Waals surface area contributed by atoms with Crippen molar-refractivity contribution in [2.45, 2.75) is 11.9 Å². The molecule has 0 saturated carbocycles. The minimum absolute atomic E-state index is 0.380. The highest BCUT2D eigenvalue weighted by Gasteiger charge is 2.57. The Morgan fingerprint density at radius 1 is 1.52 bits per heavy atom. The van der Waals surface area contributed by atoms with Crippen molar-refractivity contribution in [3.8, 4) is 0 Å². The van der Waals surface area contributed by atoms with Crippen molar-refractivity contribution in [1.82, 2.24) is 4.98 Å². The highest BCUT2D eigenvalue weighted by molar-refractivity contribution is 7.14. The lowest BCUT2D eigenvalue weighted by Gasteiger charge is -2.16. The maximum Gasteiger partial charge on any atom is 0.471 e. The van der Waals surface area contributed by atoms with Gasteiger partial charge in [0, 0.05) is 12.5 Å². The number of nitrogens with zero attached hydrogens (tertiary/aromatic N) is 2. The van der Waals surface area contributed by atoms with E-state index in [-0.39, 0.29) is 0 Å². The van der Waals surface area contributed by atoms with Crippen molar-refractivity contribution in [2.75, 3.05) is 12.4 Å². The summed E-state index contributed by atoms with van der Waals surface area (Å²) in [5, 5.41) is 21.3. The number of anilines is 1. The zero-order valence-corrected chi connectivity index (χ0v) is 10.8. The number of methoxy groups -OCH3 is 1. The third-order valence-corrected chi connectivity index (χ3v) is 2.93. The summed E-state index contributed by atoms with van der Waals surface area (Å²) in [6.07, 6.45) is -5.18. The Balaban J connectivity index is 3.15. The van der Waals surface area contributed by atoms with Crippen molar-refractivity contribution in [1.29, 1.82) is 0 Å². The monoisotopic (exact) mass is 329 g/mol. The molecule has 0 aliphatic heterocycles. The lowest BCUT2D eigenvalue weighted by molar-refractivity contribution is -0.621. The van der Waals surface area contributed by atoms with Gasteiger partial charge < -0.3 is 9.84 Å². The lowest BCUT2D eigenvalue weighted by Crippen LogP contribution is -2.45. The second-order valence-electron chi connectivity index (χ2n) is 3.40. The number of nitrogens with one attached hydrogen (secondary N) is 1. The van der Waals surface area contributed by atoms with E-state index in [4.69, 9.17) is 5.11 Å². The zero-order valence-electron chi connectivity index (χ0n) is 10.0. The van der Waals surface area contributed by atoms with Crippen LogP contribution in [0, 0.1) is 10.1 Å². The summed E-state index contributed by atoms with van der Waals surface area (Å²) in [6, 6.07) is 0. The van der Waals surface area contributed by atoms with Crippen molar-refractivity contribution in [3.63, 3.8) is 0 Å². The molecule has 1 rings (SSSR count). The third kappa shape index (κ3) is 3.08. The third-order valence-electron chi connectivity index (χ3n) is 2.17. The van der Waals surface area contributed by atoms with Crippen LogP contribution in [0.25, 0.3) is 0 Å². The first-order chi connectivity index (χ1) is 9.55. The summed E-state index contributed by atoms with van der Waals surface area (Å²) in [7, 11) is 0.726. The van der Waals surface area contributed by atoms with Crippen LogP contribution >= 0.6 is 11.3 Å². The van der Waals surface area contributed by atoms with E-state index in [0.29, 0.717) is 11.3 Å².